The van der Waals surface area contributed by atoms with Gasteiger partial charge in [-0.25, -0.2) is 0 Å². The fraction of sp³-hybridized carbons (Fsp3) is 0.625. The largest absolute Gasteiger partial charge is 0.493 e. The molecule has 1 aromatic carbocycles. The Morgan fingerprint density at radius 3 is 2.33 bits per heavy atom. The zero-order valence-corrected chi connectivity index (χ0v) is 12.6. The highest BCUT2D eigenvalue weighted by molar-refractivity contribution is 5.46. The highest BCUT2D eigenvalue weighted by Gasteiger charge is 2.18. The molecular formula is C16H27NO. The maximum atomic E-state index is 5.94. The predicted octanol–water partition coefficient (Wildman–Crippen LogP) is 3.58. The van der Waals surface area contributed by atoms with Gasteiger partial charge in [0.05, 0.1) is 6.61 Å². The lowest BCUT2D eigenvalue weighted by atomic mass is 9.84. The van der Waals surface area contributed by atoms with E-state index in [1.54, 1.807) is 0 Å². The molecule has 1 unspecified atom stereocenters. The molecule has 102 valence electrons. The van der Waals surface area contributed by atoms with Crippen LogP contribution in [0.4, 0.5) is 0 Å². The van der Waals surface area contributed by atoms with Crippen molar-refractivity contribution in [1.82, 2.24) is 0 Å². The van der Waals surface area contributed by atoms with Crippen LogP contribution in [0.2, 0.25) is 0 Å². The van der Waals surface area contributed by atoms with Crippen LogP contribution in [0.1, 0.15) is 51.3 Å². The van der Waals surface area contributed by atoms with Crippen molar-refractivity contribution in [3.8, 4) is 5.75 Å². The fourth-order valence-electron chi connectivity index (χ4n) is 2.13. The molecule has 0 fully saturated rings. The predicted molar refractivity (Wildman–Crippen MR) is 78.4 cm³/mol. The van der Waals surface area contributed by atoms with Gasteiger partial charge in [0, 0.05) is 6.04 Å². The van der Waals surface area contributed by atoms with Crippen molar-refractivity contribution in [2.24, 2.45) is 5.73 Å². The third-order valence-corrected chi connectivity index (χ3v) is 3.05. The molecule has 0 saturated carbocycles. The summed E-state index contributed by atoms with van der Waals surface area (Å²) in [5.41, 5.74) is 9.89. The van der Waals surface area contributed by atoms with Crippen LogP contribution < -0.4 is 10.5 Å². The molecule has 0 spiro atoms. The molecule has 2 nitrogen and oxygen atoms in total. The number of nitrogens with two attached hydrogens (primary N) is 1. The minimum absolute atomic E-state index is 0.152. The molecule has 0 aliphatic heterocycles. The van der Waals surface area contributed by atoms with E-state index < -0.39 is 0 Å². The minimum atomic E-state index is 0.152. The summed E-state index contributed by atoms with van der Waals surface area (Å²) in [6.45, 7) is 13.6. The van der Waals surface area contributed by atoms with Gasteiger partial charge in [-0.2, -0.15) is 0 Å². The first-order chi connectivity index (χ1) is 8.25. The Morgan fingerprint density at radius 2 is 1.89 bits per heavy atom. The summed E-state index contributed by atoms with van der Waals surface area (Å²) >= 11 is 0. The molecule has 2 N–H and O–H groups in total. The van der Waals surface area contributed by atoms with Crippen molar-refractivity contribution >= 4 is 0 Å². The highest BCUT2D eigenvalue weighted by atomic mass is 16.5. The molecule has 0 amide bonds. The van der Waals surface area contributed by atoms with E-state index in [0.29, 0.717) is 6.61 Å². The van der Waals surface area contributed by atoms with Crippen molar-refractivity contribution in [1.29, 1.82) is 0 Å². The molecule has 0 aromatic heterocycles. The zero-order valence-electron chi connectivity index (χ0n) is 12.6. The lowest BCUT2D eigenvalue weighted by Gasteiger charge is -2.23. The molecule has 0 aliphatic rings. The van der Waals surface area contributed by atoms with Gasteiger partial charge in [0.15, 0.2) is 0 Å². The molecule has 1 aromatic rings. The fourth-order valence-corrected chi connectivity index (χ4v) is 2.13. The second-order valence-electron chi connectivity index (χ2n) is 6.15. The third kappa shape index (κ3) is 3.74. The molecule has 0 radical (unpaired) electrons. The Morgan fingerprint density at radius 1 is 1.28 bits per heavy atom. The average Bonchev–Trinajstić information content (AvgIpc) is 2.20. The normalized spacial score (nSPS) is 13.5. The lowest BCUT2D eigenvalue weighted by molar-refractivity contribution is 0.333. The van der Waals surface area contributed by atoms with E-state index in [1.165, 1.54) is 16.7 Å². The number of benzene rings is 1. The third-order valence-electron chi connectivity index (χ3n) is 3.05. The van der Waals surface area contributed by atoms with Gasteiger partial charge >= 0.3 is 0 Å². The molecule has 0 bridgehead atoms. The van der Waals surface area contributed by atoms with E-state index in [4.69, 9.17) is 10.5 Å². The van der Waals surface area contributed by atoms with Crippen molar-refractivity contribution < 1.29 is 4.74 Å². The Labute approximate surface area is 112 Å². The molecule has 0 heterocycles. The van der Waals surface area contributed by atoms with Crippen LogP contribution in [-0.2, 0) is 11.8 Å². The molecule has 0 aliphatic carbocycles. The van der Waals surface area contributed by atoms with E-state index in [9.17, 15) is 0 Å². The SMILES string of the molecule is CCOc1c(C)cc(C(C)(C)C)cc1CC(C)N. The van der Waals surface area contributed by atoms with Crippen LogP contribution in [-0.4, -0.2) is 12.6 Å². The molecule has 1 atom stereocenters. The maximum Gasteiger partial charge on any atom is 0.125 e. The van der Waals surface area contributed by atoms with Gasteiger partial charge in [-0.15, -0.1) is 0 Å². The quantitative estimate of drug-likeness (QED) is 0.885. The summed E-state index contributed by atoms with van der Waals surface area (Å²) in [6, 6.07) is 4.63. The maximum absolute atomic E-state index is 5.94. The number of hydrogen-bond donors (Lipinski definition) is 1. The van der Waals surface area contributed by atoms with E-state index in [1.807, 2.05) is 13.8 Å². The number of ether oxygens (including phenoxy) is 1. The Kier molecular flexibility index (Phi) is 4.80. The van der Waals surface area contributed by atoms with E-state index in [2.05, 4.69) is 39.8 Å². The monoisotopic (exact) mass is 249 g/mol. The Bertz CT molecular complexity index is 402. The van der Waals surface area contributed by atoms with Gasteiger partial charge in [-0.1, -0.05) is 32.9 Å². The van der Waals surface area contributed by atoms with E-state index in [-0.39, 0.29) is 11.5 Å². The van der Waals surface area contributed by atoms with Crippen molar-refractivity contribution in [3.63, 3.8) is 0 Å². The van der Waals surface area contributed by atoms with Crippen LogP contribution in [0.15, 0.2) is 12.1 Å². The van der Waals surface area contributed by atoms with Crippen LogP contribution in [0.3, 0.4) is 0 Å². The van der Waals surface area contributed by atoms with E-state index in [0.717, 1.165) is 12.2 Å². The summed E-state index contributed by atoms with van der Waals surface area (Å²) in [7, 11) is 0. The van der Waals surface area contributed by atoms with Gasteiger partial charge in [-0.05, 0) is 49.3 Å². The standard InChI is InChI=1S/C16H27NO/c1-7-18-15-11(2)8-14(16(4,5)6)10-13(15)9-12(3)17/h8,10,12H,7,9,17H2,1-6H3. The summed E-state index contributed by atoms with van der Waals surface area (Å²) in [5, 5.41) is 0. The summed E-state index contributed by atoms with van der Waals surface area (Å²) in [5.74, 6) is 1.02. The minimum Gasteiger partial charge on any atom is -0.493 e. The first-order valence-electron chi connectivity index (χ1n) is 6.78. The number of aryl methyl sites for hydroxylation is 1. The van der Waals surface area contributed by atoms with Crippen LogP contribution in [0.5, 0.6) is 5.75 Å². The smallest absolute Gasteiger partial charge is 0.125 e. The molecule has 2 heteroatoms. The Balaban J connectivity index is 3.27. The van der Waals surface area contributed by atoms with Crippen LogP contribution in [0, 0.1) is 6.92 Å². The lowest BCUT2D eigenvalue weighted by Crippen LogP contribution is -2.20. The van der Waals surface area contributed by atoms with E-state index >= 15 is 0 Å². The molecule has 1 rings (SSSR count). The zero-order chi connectivity index (χ0) is 13.9. The number of rotatable bonds is 4. The average molecular weight is 249 g/mol. The molecular weight excluding hydrogens is 222 g/mol. The summed E-state index contributed by atoms with van der Waals surface area (Å²) < 4.78 is 5.78. The van der Waals surface area contributed by atoms with Gasteiger partial charge in [0.2, 0.25) is 0 Å². The van der Waals surface area contributed by atoms with Crippen molar-refractivity contribution in [2.75, 3.05) is 6.61 Å². The molecule has 18 heavy (non-hydrogen) atoms. The van der Waals surface area contributed by atoms with Gasteiger partial charge in [-0.3, -0.25) is 0 Å². The second kappa shape index (κ2) is 5.75. The van der Waals surface area contributed by atoms with Gasteiger partial charge in [0.1, 0.15) is 5.75 Å². The summed E-state index contributed by atoms with van der Waals surface area (Å²) in [6.07, 6.45) is 0.861. The topological polar surface area (TPSA) is 35.2 Å². The Hall–Kier alpha value is -1.02. The first kappa shape index (κ1) is 15.0. The first-order valence-corrected chi connectivity index (χ1v) is 6.78. The van der Waals surface area contributed by atoms with Crippen molar-refractivity contribution in [3.05, 3.63) is 28.8 Å². The summed E-state index contributed by atoms with van der Waals surface area (Å²) in [4.78, 5) is 0. The van der Waals surface area contributed by atoms with Crippen molar-refractivity contribution in [2.45, 2.75) is 59.4 Å². The van der Waals surface area contributed by atoms with Crippen LogP contribution in [0.25, 0.3) is 0 Å². The molecule has 0 saturated heterocycles. The van der Waals surface area contributed by atoms with Gasteiger partial charge in [0.25, 0.3) is 0 Å². The van der Waals surface area contributed by atoms with Crippen LogP contribution >= 0.6 is 0 Å². The van der Waals surface area contributed by atoms with Gasteiger partial charge < -0.3 is 10.5 Å². The number of hydrogen-bond acceptors (Lipinski definition) is 2. The highest BCUT2D eigenvalue weighted by Crippen LogP contribution is 2.32. The second-order valence-corrected chi connectivity index (χ2v) is 6.15.